The van der Waals surface area contributed by atoms with Gasteiger partial charge in [-0.3, -0.25) is 9.78 Å². The van der Waals surface area contributed by atoms with E-state index in [1.807, 2.05) is 18.4 Å². The molecule has 0 aliphatic rings. The summed E-state index contributed by atoms with van der Waals surface area (Å²) < 4.78 is 22.1. The van der Waals surface area contributed by atoms with Crippen molar-refractivity contribution in [3.8, 4) is 23.1 Å². The molecule has 1 aromatic carbocycles. The van der Waals surface area contributed by atoms with E-state index in [2.05, 4.69) is 30.5 Å². The molecule has 0 radical (unpaired) electrons. The molecule has 4 aromatic rings. The Labute approximate surface area is 183 Å². The summed E-state index contributed by atoms with van der Waals surface area (Å²) in [6.45, 7) is 5.67. The lowest BCUT2D eigenvalue weighted by Gasteiger charge is -2.12. The number of hydrogen-bond acceptors (Lipinski definition) is 7. The average Bonchev–Trinajstić information content (AvgIpc) is 3.27. The number of anilines is 1. The van der Waals surface area contributed by atoms with Crippen molar-refractivity contribution < 1.29 is 13.9 Å². The minimum absolute atomic E-state index is 0.134. The number of carbonyl (C=O) groups is 1. The highest BCUT2D eigenvalue weighted by molar-refractivity contribution is 6.04. The van der Waals surface area contributed by atoms with Gasteiger partial charge in [0.15, 0.2) is 5.82 Å². The van der Waals surface area contributed by atoms with Crippen LogP contribution < -0.4 is 10.1 Å². The van der Waals surface area contributed by atoms with Crippen LogP contribution in [0.3, 0.4) is 0 Å². The van der Waals surface area contributed by atoms with Gasteiger partial charge in [-0.1, -0.05) is 6.07 Å². The molecule has 9 nitrogen and oxygen atoms in total. The number of nitrogens with one attached hydrogen (secondary N) is 1. The molecule has 0 saturated carbocycles. The van der Waals surface area contributed by atoms with Crippen LogP contribution in [0.2, 0.25) is 0 Å². The third-order valence-electron chi connectivity index (χ3n) is 4.61. The van der Waals surface area contributed by atoms with E-state index in [-0.39, 0.29) is 23.3 Å². The van der Waals surface area contributed by atoms with Crippen molar-refractivity contribution in [3.63, 3.8) is 0 Å². The summed E-state index contributed by atoms with van der Waals surface area (Å²) in [5.74, 6) is 0.00381. The number of aromatic nitrogens is 6. The van der Waals surface area contributed by atoms with E-state index in [1.165, 1.54) is 30.7 Å². The molecule has 0 spiro atoms. The number of halogens is 1. The molecule has 3 heterocycles. The fourth-order valence-electron chi connectivity index (χ4n) is 3.00. The van der Waals surface area contributed by atoms with Gasteiger partial charge in [0.05, 0.1) is 11.8 Å². The molecule has 1 amide bonds. The second-order valence-electron chi connectivity index (χ2n) is 7.26. The zero-order chi connectivity index (χ0) is 22.7. The van der Waals surface area contributed by atoms with Crippen molar-refractivity contribution in [1.82, 2.24) is 29.7 Å². The van der Waals surface area contributed by atoms with Gasteiger partial charge in [-0.2, -0.15) is 0 Å². The van der Waals surface area contributed by atoms with Crippen molar-refractivity contribution in [2.75, 3.05) is 5.32 Å². The van der Waals surface area contributed by atoms with E-state index in [9.17, 15) is 9.18 Å². The van der Waals surface area contributed by atoms with Crippen LogP contribution in [0, 0.1) is 12.7 Å². The van der Waals surface area contributed by atoms with Gasteiger partial charge in [0.1, 0.15) is 29.4 Å². The molecule has 0 saturated heterocycles. The number of carbonyl (C=O) groups excluding carboxylic acids is 1. The molecule has 3 aromatic heterocycles. The topological polar surface area (TPSA) is 108 Å². The minimum atomic E-state index is -0.679. The fraction of sp³-hybridized carbons (Fsp3) is 0.182. The number of amides is 1. The summed E-state index contributed by atoms with van der Waals surface area (Å²) in [6.07, 6.45) is 6.02. The Kier molecular flexibility index (Phi) is 5.84. The molecular weight excluding hydrogens is 413 g/mol. The number of aryl methyl sites for hydroxylation is 1. The van der Waals surface area contributed by atoms with Gasteiger partial charge in [-0.25, -0.2) is 14.4 Å². The summed E-state index contributed by atoms with van der Waals surface area (Å²) in [7, 11) is 0. The normalized spacial score (nSPS) is 10.9. The van der Waals surface area contributed by atoms with Gasteiger partial charge >= 0.3 is 0 Å². The van der Waals surface area contributed by atoms with E-state index in [4.69, 9.17) is 4.74 Å². The molecule has 4 rings (SSSR count). The van der Waals surface area contributed by atoms with Crippen molar-refractivity contribution in [1.29, 1.82) is 0 Å². The lowest BCUT2D eigenvalue weighted by Crippen LogP contribution is -2.15. The Bertz CT molecular complexity index is 1260. The molecule has 0 aliphatic carbocycles. The van der Waals surface area contributed by atoms with Gasteiger partial charge < -0.3 is 14.6 Å². The number of nitrogens with zero attached hydrogens (tertiary/aromatic N) is 6. The third-order valence-corrected chi connectivity index (χ3v) is 4.61. The lowest BCUT2D eigenvalue weighted by atomic mass is 10.1. The molecule has 1 N–H and O–H groups in total. The van der Waals surface area contributed by atoms with Gasteiger partial charge in [-0.05, 0) is 50.6 Å². The van der Waals surface area contributed by atoms with E-state index in [0.29, 0.717) is 22.8 Å². The molecular formula is C22H20FN7O2. The standard InChI is InChI=1S/C22H20FN7O2/c1-13(2)30-12-26-29-21(30)17-5-4-6-19(27-17)28-22(31)15-10-18(14(3)9-16(15)23)32-20-11-24-7-8-25-20/h4-13H,1-3H3,(H,27,28,31). The quantitative estimate of drug-likeness (QED) is 0.485. The highest BCUT2D eigenvalue weighted by atomic mass is 19.1. The molecule has 0 unspecified atom stereocenters. The number of benzene rings is 1. The smallest absolute Gasteiger partial charge is 0.259 e. The van der Waals surface area contributed by atoms with Crippen molar-refractivity contribution in [2.24, 2.45) is 0 Å². The predicted octanol–water partition coefficient (Wildman–Crippen LogP) is 4.20. The maximum atomic E-state index is 14.6. The Hall–Kier alpha value is -4.21. The Morgan fingerprint density at radius 3 is 2.81 bits per heavy atom. The maximum absolute atomic E-state index is 14.6. The molecule has 0 fully saturated rings. The van der Waals surface area contributed by atoms with Crippen LogP contribution in [0.5, 0.6) is 11.6 Å². The van der Waals surface area contributed by atoms with Gasteiger partial charge in [0, 0.05) is 18.4 Å². The van der Waals surface area contributed by atoms with Crippen LogP contribution in [0.15, 0.2) is 55.2 Å². The lowest BCUT2D eigenvalue weighted by molar-refractivity contribution is 0.102. The Morgan fingerprint density at radius 2 is 2.06 bits per heavy atom. The molecule has 10 heteroatoms. The Balaban J connectivity index is 1.59. The predicted molar refractivity (Wildman–Crippen MR) is 115 cm³/mol. The van der Waals surface area contributed by atoms with Gasteiger partial charge in [0.2, 0.25) is 5.88 Å². The zero-order valence-electron chi connectivity index (χ0n) is 17.7. The first-order chi connectivity index (χ1) is 15.4. The van der Waals surface area contributed by atoms with Crippen LogP contribution in [-0.4, -0.2) is 35.6 Å². The monoisotopic (exact) mass is 433 g/mol. The first kappa shape index (κ1) is 21.0. The minimum Gasteiger partial charge on any atom is -0.437 e. The zero-order valence-corrected chi connectivity index (χ0v) is 17.7. The third kappa shape index (κ3) is 4.43. The summed E-state index contributed by atoms with van der Waals surface area (Å²) in [5, 5.41) is 10.7. The number of hydrogen-bond donors (Lipinski definition) is 1. The van der Waals surface area contributed by atoms with Crippen molar-refractivity contribution in [3.05, 3.63) is 72.2 Å². The summed E-state index contributed by atoms with van der Waals surface area (Å²) in [6, 6.07) is 7.79. The number of rotatable bonds is 6. The Morgan fingerprint density at radius 1 is 1.22 bits per heavy atom. The highest BCUT2D eigenvalue weighted by Crippen LogP contribution is 2.27. The molecule has 32 heavy (non-hydrogen) atoms. The van der Waals surface area contributed by atoms with Crippen LogP contribution in [0.4, 0.5) is 10.2 Å². The highest BCUT2D eigenvalue weighted by Gasteiger charge is 2.18. The van der Waals surface area contributed by atoms with E-state index in [0.717, 1.165) is 0 Å². The SMILES string of the molecule is Cc1cc(F)c(C(=O)Nc2cccc(-c3nncn3C(C)C)n2)cc1Oc1cnccn1. The first-order valence-electron chi connectivity index (χ1n) is 9.84. The summed E-state index contributed by atoms with van der Waals surface area (Å²) >= 11 is 0. The van der Waals surface area contributed by atoms with Crippen LogP contribution >= 0.6 is 0 Å². The van der Waals surface area contributed by atoms with E-state index in [1.54, 1.807) is 31.5 Å². The molecule has 0 atom stereocenters. The summed E-state index contributed by atoms with van der Waals surface area (Å²) in [5.41, 5.74) is 0.856. The van der Waals surface area contributed by atoms with Crippen molar-refractivity contribution >= 4 is 11.7 Å². The van der Waals surface area contributed by atoms with Gasteiger partial charge in [0.25, 0.3) is 5.91 Å². The average molecular weight is 433 g/mol. The number of pyridine rings is 1. The fourth-order valence-corrected chi connectivity index (χ4v) is 3.00. The van der Waals surface area contributed by atoms with Crippen molar-refractivity contribution in [2.45, 2.75) is 26.8 Å². The van der Waals surface area contributed by atoms with Crippen LogP contribution in [-0.2, 0) is 0 Å². The van der Waals surface area contributed by atoms with E-state index < -0.39 is 11.7 Å². The molecule has 162 valence electrons. The second-order valence-corrected chi connectivity index (χ2v) is 7.26. The second kappa shape index (κ2) is 8.88. The molecule has 0 aliphatic heterocycles. The van der Waals surface area contributed by atoms with E-state index >= 15 is 0 Å². The summed E-state index contributed by atoms with van der Waals surface area (Å²) in [4.78, 5) is 25.2. The number of ether oxygens (including phenoxy) is 1. The maximum Gasteiger partial charge on any atom is 0.259 e. The van der Waals surface area contributed by atoms with Gasteiger partial charge in [-0.15, -0.1) is 10.2 Å². The molecule has 0 bridgehead atoms. The first-order valence-corrected chi connectivity index (χ1v) is 9.84. The largest absolute Gasteiger partial charge is 0.437 e. The van der Waals surface area contributed by atoms with Crippen LogP contribution in [0.1, 0.15) is 35.8 Å². The van der Waals surface area contributed by atoms with Crippen LogP contribution in [0.25, 0.3) is 11.5 Å².